The van der Waals surface area contributed by atoms with E-state index in [1.807, 2.05) is 37.3 Å². The SMILES string of the molecule is CCC[C@@]1(C)N=C(c2ccc(OCC)cc2)C[C@@H](c2ccccc2O)N1. The first-order chi connectivity index (χ1) is 12.5. The van der Waals surface area contributed by atoms with Crippen molar-refractivity contribution in [2.45, 2.75) is 51.7 Å². The molecule has 0 aliphatic carbocycles. The first-order valence-corrected chi connectivity index (χ1v) is 9.42. The number of para-hydroxylation sites is 1. The van der Waals surface area contributed by atoms with Crippen molar-refractivity contribution < 1.29 is 9.84 Å². The number of hydrogen-bond donors (Lipinski definition) is 2. The summed E-state index contributed by atoms with van der Waals surface area (Å²) in [4.78, 5) is 5.04. The molecule has 0 unspecified atom stereocenters. The van der Waals surface area contributed by atoms with Gasteiger partial charge in [-0.3, -0.25) is 10.3 Å². The fourth-order valence-corrected chi connectivity index (χ4v) is 3.67. The number of ether oxygens (including phenoxy) is 1. The summed E-state index contributed by atoms with van der Waals surface area (Å²) in [6, 6.07) is 15.7. The second-order valence-electron chi connectivity index (χ2n) is 7.00. The predicted octanol–water partition coefficient (Wildman–Crippen LogP) is 4.83. The zero-order valence-corrected chi connectivity index (χ0v) is 15.8. The summed E-state index contributed by atoms with van der Waals surface area (Å²) in [5, 5.41) is 14.0. The van der Waals surface area contributed by atoms with Crippen LogP contribution in [0.15, 0.2) is 53.5 Å². The monoisotopic (exact) mass is 352 g/mol. The van der Waals surface area contributed by atoms with Gasteiger partial charge in [0, 0.05) is 23.7 Å². The molecule has 4 nitrogen and oxygen atoms in total. The van der Waals surface area contributed by atoms with E-state index in [9.17, 15) is 5.11 Å². The third-order valence-corrected chi connectivity index (χ3v) is 4.81. The summed E-state index contributed by atoms with van der Waals surface area (Å²) in [7, 11) is 0. The number of hydrogen-bond acceptors (Lipinski definition) is 4. The van der Waals surface area contributed by atoms with Gasteiger partial charge in [0.05, 0.1) is 6.61 Å². The van der Waals surface area contributed by atoms with E-state index in [-0.39, 0.29) is 11.7 Å². The number of aromatic hydroxyl groups is 1. The lowest BCUT2D eigenvalue weighted by Gasteiger charge is -2.38. The Morgan fingerprint density at radius 1 is 1.15 bits per heavy atom. The molecule has 2 N–H and O–H groups in total. The van der Waals surface area contributed by atoms with Gasteiger partial charge in [0.1, 0.15) is 17.2 Å². The van der Waals surface area contributed by atoms with Crippen molar-refractivity contribution >= 4 is 5.71 Å². The van der Waals surface area contributed by atoms with Crippen LogP contribution < -0.4 is 10.1 Å². The number of benzene rings is 2. The molecule has 2 aromatic carbocycles. The Bertz CT molecular complexity index is 770. The summed E-state index contributed by atoms with van der Waals surface area (Å²) in [6.45, 7) is 6.95. The van der Waals surface area contributed by atoms with Crippen LogP contribution in [0.3, 0.4) is 0 Å². The van der Waals surface area contributed by atoms with E-state index in [4.69, 9.17) is 9.73 Å². The number of nitrogens with zero attached hydrogens (tertiary/aromatic N) is 1. The maximum Gasteiger partial charge on any atom is 0.120 e. The molecule has 1 aliphatic rings. The number of aliphatic imine (C=N–C) groups is 1. The van der Waals surface area contributed by atoms with Gasteiger partial charge in [0.15, 0.2) is 0 Å². The van der Waals surface area contributed by atoms with Crippen molar-refractivity contribution in [3.05, 3.63) is 59.7 Å². The Kier molecular flexibility index (Phi) is 5.62. The maximum absolute atomic E-state index is 10.3. The molecule has 0 bridgehead atoms. The van der Waals surface area contributed by atoms with E-state index < -0.39 is 0 Å². The van der Waals surface area contributed by atoms with Crippen molar-refractivity contribution in [2.75, 3.05) is 6.61 Å². The Hall–Kier alpha value is -2.33. The predicted molar refractivity (Wildman–Crippen MR) is 106 cm³/mol. The van der Waals surface area contributed by atoms with Gasteiger partial charge in [-0.15, -0.1) is 0 Å². The van der Waals surface area contributed by atoms with Gasteiger partial charge in [0.25, 0.3) is 0 Å². The minimum absolute atomic E-state index is 0.0341. The van der Waals surface area contributed by atoms with Crippen LogP contribution in [0.5, 0.6) is 11.5 Å². The van der Waals surface area contributed by atoms with Crippen LogP contribution in [-0.4, -0.2) is 23.1 Å². The molecule has 0 aromatic heterocycles. The third-order valence-electron chi connectivity index (χ3n) is 4.81. The number of phenols is 1. The molecule has 0 fully saturated rings. The van der Waals surface area contributed by atoms with E-state index in [2.05, 4.69) is 31.3 Å². The Morgan fingerprint density at radius 3 is 2.54 bits per heavy atom. The zero-order chi connectivity index (χ0) is 18.6. The molecule has 3 rings (SSSR count). The number of nitrogens with one attached hydrogen (secondary N) is 1. The largest absolute Gasteiger partial charge is 0.508 e. The normalized spacial score (nSPS) is 22.7. The van der Waals surface area contributed by atoms with Crippen molar-refractivity contribution in [2.24, 2.45) is 4.99 Å². The molecule has 138 valence electrons. The summed E-state index contributed by atoms with van der Waals surface area (Å²) < 4.78 is 5.55. The maximum atomic E-state index is 10.3. The van der Waals surface area contributed by atoms with Crippen molar-refractivity contribution in [3.8, 4) is 11.5 Å². The summed E-state index contributed by atoms with van der Waals surface area (Å²) in [6.07, 6.45) is 2.72. The molecule has 0 radical (unpaired) electrons. The smallest absolute Gasteiger partial charge is 0.120 e. The highest BCUT2D eigenvalue weighted by atomic mass is 16.5. The van der Waals surface area contributed by atoms with Gasteiger partial charge in [-0.05, 0) is 56.2 Å². The Morgan fingerprint density at radius 2 is 1.88 bits per heavy atom. The molecule has 26 heavy (non-hydrogen) atoms. The van der Waals surface area contributed by atoms with Crippen LogP contribution >= 0.6 is 0 Å². The first kappa shape index (κ1) is 18.5. The van der Waals surface area contributed by atoms with Crippen LogP contribution in [0.1, 0.15) is 57.2 Å². The highest BCUT2D eigenvalue weighted by Gasteiger charge is 2.33. The lowest BCUT2D eigenvalue weighted by Crippen LogP contribution is -2.47. The van der Waals surface area contributed by atoms with Crippen molar-refractivity contribution in [3.63, 3.8) is 0 Å². The molecule has 0 saturated heterocycles. The van der Waals surface area contributed by atoms with Gasteiger partial charge < -0.3 is 9.84 Å². The molecule has 0 spiro atoms. The zero-order valence-electron chi connectivity index (χ0n) is 15.8. The third kappa shape index (κ3) is 4.07. The fourth-order valence-electron chi connectivity index (χ4n) is 3.67. The molecule has 4 heteroatoms. The van der Waals surface area contributed by atoms with Crippen LogP contribution in [0.4, 0.5) is 0 Å². The molecule has 1 heterocycles. The van der Waals surface area contributed by atoms with Crippen LogP contribution in [0.2, 0.25) is 0 Å². The first-order valence-electron chi connectivity index (χ1n) is 9.42. The molecular weight excluding hydrogens is 324 g/mol. The topological polar surface area (TPSA) is 53.9 Å². The quantitative estimate of drug-likeness (QED) is 0.783. The van der Waals surface area contributed by atoms with Gasteiger partial charge in [-0.25, -0.2) is 0 Å². The average molecular weight is 352 g/mol. The molecule has 1 aliphatic heterocycles. The van der Waals surface area contributed by atoms with Crippen LogP contribution in [0, 0.1) is 0 Å². The van der Waals surface area contributed by atoms with Gasteiger partial charge in [0.2, 0.25) is 0 Å². The molecule has 2 aromatic rings. The van der Waals surface area contributed by atoms with Crippen LogP contribution in [0.25, 0.3) is 0 Å². The average Bonchev–Trinajstić information content (AvgIpc) is 2.62. The highest BCUT2D eigenvalue weighted by molar-refractivity contribution is 6.01. The van der Waals surface area contributed by atoms with Crippen LogP contribution in [-0.2, 0) is 0 Å². The second kappa shape index (κ2) is 7.92. The molecule has 0 saturated carbocycles. The minimum atomic E-state index is -0.339. The highest BCUT2D eigenvalue weighted by Crippen LogP contribution is 2.34. The van der Waals surface area contributed by atoms with Gasteiger partial charge >= 0.3 is 0 Å². The second-order valence-corrected chi connectivity index (χ2v) is 7.00. The lowest BCUT2D eigenvalue weighted by molar-refractivity contribution is 0.283. The molecular formula is C22H28N2O2. The Balaban J connectivity index is 1.94. The van der Waals surface area contributed by atoms with E-state index in [1.165, 1.54) is 0 Å². The fraction of sp³-hybridized carbons (Fsp3) is 0.409. The van der Waals surface area contributed by atoms with Crippen molar-refractivity contribution in [1.82, 2.24) is 5.32 Å². The van der Waals surface area contributed by atoms with E-state index in [1.54, 1.807) is 6.07 Å². The van der Waals surface area contributed by atoms with E-state index in [0.29, 0.717) is 12.4 Å². The number of rotatable bonds is 6. The molecule has 0 amide bonds. The lowest BCUT2D eigenvalue weighted by atomic mass is 9.91. The van der Waals surface area contributed by atoms with Crippen molar-refractivity contribution in [1.29, 1.82) is 0 Å². The Labute approximate surface area is 155 Å². The summed E-state index contributed by atoms with van der Waals surface area (Å²) in [5.74, 6) is 1.20. The van der Waals surface area contributed by atoms with Gasteiger partial charge in [-0.2, -0.15) is 0 Å². The summed E-state index contributed by atoms with van der Waals surface area (Å²) in [5.41, 5.74) is 2.76. The van der Waals surface area contributed by atoms with E-state index in [0.717, 1.165) is 41.9 Å². The molecule has 2 atom stereocenters. The van der Waals surface area contributed by atoms with Gasteiger partial charge in [-0.1, -0.05) is 31.5 Å². The van der Waals surface area contributed by atoms with E-state index >= 15 is 0 Å². The minimum Gasteiger partial charge on any atom is -0.508 e. The standard InChI is InChI=1S/C22H28N2O2/c1-4-14-22(3)23-19(16-10-12-17(13-11-16)26-5-2)15-20(24-22)18-8-6-7-9-21(18)25/h6-13,20,24-25H,4-5,14-15H2,1-3H3/t20-,22-/m0/s1. The number of phenolic OH excluding ortho intramolecular Hbond substituents is 1. The summed E-state index contributed by atoms with van der Waals surface area (Å²) >= 11 is 0.